The number of nitrogens with zero attached hydrogens (tertiary/aromatic N) is 5. The topological polar surface area (TPSA) is 79.1 Å². The van der Waals surface area contributed by atoms with Crippen molar-refractivity contribution in [2.75, 3.05) is 23.3 Å². The van der Waals surface area contributed by atoms with Gasteiger partial charge >= 0.3 is 6.18 Å². The maximum absolute atomic E-state index is 12.8. The van der Waals surface area contributed by atoms with Gasteiger partial charge in [-0.2, -0.15) is 18.0 Å². The van der Waals surface area contributed by atoms with Crippen molar-refractivity contribution in [3.63, 3.8) is 0 Å². The molecule has 7 nitrogen and oxygen atoms in total. The number of halogens is 3. The molecule has 0 spiro atoms. The van der Waals surface area contributed by atoms with E-state index in [1.807, 2.05) is 36.4 Å². The second-order valence-electron chi connectivity index (χ2n) is 8.31. The van der Waals surface area contributed by atoms with Gasteiger partial charge in [0.15, 0.2) is 0 Å². The van der Waals surface area contributed by atoms with Crippen molar-refractivity contribution in [1.82, 2.24) is 20.2 Å². The number of benzene rings is 3. The Morgan fingerprint density at radius 1 is 0.912 bits per heavy atom. The summed E-state index contributed by atoms with van der Waals surface area (Å²) < 4.78 is 38.5. The largest absolute Gasteiger partial charge is 0.416 e. The first kappa shape index (κ1) is 21.9. The molecule has 2 N–H and O–H groups in total. The van der Waals surface area contributed by atoms with E-state index in [1.165, 1.54) is 16.9 Å². The summed E-state index contributed by atoms with van der Waals surface area (Å²) in [5, 5.41) is 26.6. The summed E-state index contributed by atoms with van der Waals surface area (Å²) in [6.45, 7) is 1.11. The lowest BCUT2D eigenvalue weighted by atomic mass is 9.93. The molecule has 0 amide bonds. The highest BCUT2D eigenvalue weighted by molar-refractivity contribution is 5.77. The van der Waals surface area contributed by atoms with E-state index < -0.39 is 17.3 Å². The molecule has 4 aromatic rings. The Morgan fingerprint density at radius 3 is 2.29 bits per heavy atom. The lowest BCUT2D eigenvalue weighted by Crippen LogP contribution is -2.64. The third-order valence-electron chi connectivity index (χ3n) is 5.64. The molecule has 1 aromatic heterocycles. The first-order valence-corrected chi connectivity index (χ1v) is 10.6. The highest BCUT2D eigenvalue weighted by Gasteiger charge is 2.42. The molecule has 1 saturated heterocycles. The monoisotopic (exact) mass is 466 g/mol. The van der Waals surface area contributed by atoms with Gasteiger partial charge in [0.05, 0.1) is 25.2 Å². The maximum atomic E-state index is 12.8. The first-order valence-electron chi connectivity index (χ1n) is 10.6. The van der Waals surface area contributed by atoms with Crippen molar-refractivity contribution in [3.8, 4) is 11.4 Å². The SMILES string of the molecule is OC1(Cn2nnc(-c3ccccc3Nc3ccc(C(F)(F)F)cc3)n2)CN(c2ccccc2)C1. The van der Waals surface area contributed by atoms with Crippen LogP contribution in [0.4, 0.5) is 30.2 Å². The quantitative estimate of drug-likeness (QED) is 0.440. The molecule has 2 heterocycles. The fourth-order valence-corrected chi connectivity index (χ4v) is 3.95. The van der Waals surface area contributed by atoms with Gasteiger partial charge in [0.25, 0.3) is 0 Å². The number of tetrazole rings is 1. The Kier molecular flexibility index (Phi) is 5.45. The number of hydrogen-bond donors (Lipinski definition) is 2. The molecule has 1 aliphatic heterocycles. The summed E-state index contributed by atoms with van der Waals surface area (Å²) >= 11 is 0. The van der Waals surface area contributed by atoms with Crippen molar-refractivity contribution < 1.29 is 18.3 Å². The number of para-hydroxylation sites is 2. The Bertz CT molecular complexity index is 1270. The van der Waals surface area contributed by atoms with Gasteiger partial charge in [-0.3, -0.25) is 0 Å². The molecule has 0 aliphatic carbocycles. The van der Waals surface area contributed by atoms with Gasteiger partial charge in [-0.1, -0.05) is 30.3 Å². The standard InChI is InChI=1S/C24H21F3N6O/c25-24(26,27)17-10-12-18(13-11-17)28-21-9-5-4-8-20(21)22-29-31-33(30-22)16-23(34)14-32(15-23)19-6-2-1-3-7-19/h1-13,28,34H,14-16H2. The van der Waals surface area contributed by atoms with Crippen LogP contribution in [0.3, 0.4) is 0 Å². The number of aliphatic hydroxyl groups is 1. The summed E-state index contributed by atoms with van der Waals surface area (Å²) in [4.78, 5) is 3.44. The van der Waals surface area contributed by atoms with Gasteiger partial charge in [0.2, 0.25) is 5.82 Å². The molecule has 0 radical (unpaired) electrons. The van der Waals surface area contributed by atoms with Gasteiger partial charge in [0, 0.05) is 22.6 Å². The van der Waals surface area contributed by atoms with Crippen molar-refractivity contribution in [2.45, 2.75) is 18.3 Å². The molecule has 174 valence electrons. The predicted octanol–water partition coefficient (Wildman–Crippen LogP) is 4.35. The zero-order chi connectivity index (χ0) is 23.8. The number of hydrogen-bond acceptors (Lipinski definition) is 6. The average Bonchev–Trinajstić information content (AvgIpc) is 3.26. The van der Waals surface area contributed by atoms with Crippen LogP contribution in [0.15, 0.2) is 78.9 Å². The van der Waals surface area contributed by atoms with Gasteiger partial charge in [0.1, 0.15) is 5.60 Å². The highest BCUT2D eigenvalue weighted by atomic mass is 19.4. The van der Waals surface area contributed by atoms with Crippen LogP contribution in [0.5, 0.6) is 0 Å². The van der Waals surface area contributed by atoms with E-state index in [0.717, 1.165) is 17.8 Å². The average molecular weight is 466 g/mol. The van der Waals surface area contributed by atoms with Crippen LogP contribution in [0.2, 0.25) is 0 Å². The highest BCUT2D eigenvalue weighted by Crippen LogP contribution is 2.32. The molecule has 10 heteroatoms. The Labute approximate surface area is 193 Å². The molecule has 34 heavy (non-hydrogen) atoms. The Morgan fingerprint density at radius 2 is 1.59 bits per heavy atom. The minimum absolute atomic E-state index is 0.192. The minimum Gasteiger partial charge on any atom is -0.384 e. The molecule has 1 fully saturated rings. The third kappa shape index (κ3) is 4.58. The molecule has 0 bridgehead atoms. The molecule has 0 atom stereocenters. The number of aromatic nitrogens is 4. The van der Waals surface area contributed by atoms with Gasteiger partial charge < -0.3 is 15.3 Å². The van der Waals surface area contributed by atoms with Crippen LogP contribution in [-0.4, -0.2) is 44.0 Å². The predicted molar refractivity (Wildman–Crippen MR) is 122 cm³/mol. The molecule has 0 unspecified atom stereocenters. The van der Waals surface area contributed by atoms with Crippen LogP contribution in [0.25, 0.3) is 11.4 Å². The lowest BCUT2D eigenvalue weighted by Gasteiger charge is -2.47. The minimum atomic E-state index is -4.39. The van der Waals surface area contributed by atoms with Crippen LogP contribution in [0.1, 0.15) is 5.56 Å². The second kappa shape index (κ2) is 8.45. The fraction of sp³-hybridized carbons (Fsp3) is 0.208. The zero-order valence-corrected chi connectivity index (χ0v) is 17.9. The molecule has 5 rings (SSSR count). The summed E-state index contributed by atoms with van der Waals surface area (Å²) in [6.07, 6.45) is -4.39. The summed E-state index contributed by atoms with van der Waals surface area (Å²) in [7, 11) is 0. The van der Waals surface area contributed by atoms with Gasteiger partial charge in [-0.15, -0.1) is 10.2 Å². The first-order chi connectivity index (χ1) is 16.3. The Hall–Kier alpha value is -3.92. The van der Waals surface area contributed by atoms with E-state index >= 15 is 0 Å². The van der Waals surface area contributed by atoms with Gasteiger partial charge in [-0.25, -0.2) is 0 Å². The molecule has 3 aromatic carbocycles. The van der Waals surface area contributed by atoms with E-state index in [-0.39, 0.29) is 6.54 Å². The van der Waals surface area contributed by atoms with Crippen LogP contribution in [-0.2, 0) is 12.7 Å². The third-order valence-corrected chi connectivity index (χ3v) is 5.64. The van der Waals surface area contributed by atoms with Crippen LogP contribution in [0, 0.1) is 0 Å². The van der Waals surface area contributed by atoms with E-state index in [4.69, 9.17) is 0 Å². The lowest BCUT2D eigenvalue weighted by molar-refractivity contribution is -0.137. The molecule has 0 saturated carbocycles. The molecule has 1 aliphatic rings. The van der Waals surface area contributed by atoms with E-state index in [2.05, 4.69) is 25.6 Å². The van der Waals surface area contributed by atoms with E-state index in [9.17, 15) is 18.3 Å². The number of rotatable bonds is 6. The van der Waals surface area contributed by atoms with Crippen molar-refractivity contribution in [2.24, 2.45) is 0 Å². The van der Waals surface area contributed by atoms with E-state index in [1.54, 1.807) is 18.2 Å². The normalized spacial score (nSPS) is 15.1. The number of β-amino-alcohol motifs (C(OH)–C–C–N with tert-alkyl or cyclic N) is 1. The number of nitrogens with one attached hydrogen (secondary N) is 1. The van der Waals surface area contributed by atoms with Crippen LogP contribution < -0.4 is 10.2 Å². The molecular formula is C24H21F3N6O. The van der Waals surface area contributed by atoms with Gasteiger partial charge in [-0.05, 0) is 53.7 Å². The number of anilines is 3. The summed E-state index contributed by atoms with van der Waals surface area (Å²) in [6, 6.07) is 21.8. The zero-order valence-electron chi connectivity index (χ0n) is 17.9. The summed E-state index contributed by atoms with van der Waals surface area (Å²) in [5.41, 5.74) is 1.13. The molecular weight excluding hydrogens is 445 g/mol. The second-order valence-corrected chi connectivity index (χ2v) is 8.31. The van der Waals surface area contributed by atoms with Crippen LogP contribution >= 0.6 is 0 Å². The van der Waals surface area contributed by atoms with E-state index in [0.29, 0.717) is 35.9 Å². The smallest absolute Gasteiger partial charge is 0.384 e. The summed E-state index contributed by atoms with van der Waals surface area (Å²) in [5.74, 6) is 0.345. The van der Waals surface area contributed by atoms with Crippen molar-refractivity contribution in [3.05, 3.63) is 84.4 Å². The maximum Gasteiger partial charge on any atom is 0.416 e. The Balaban J connectivity index is 1.28. The van der Waals surface area contributed by atoms with Crippen molar-refractivity contribution in [1.29, 1.82) is 0 Å². The fourth-order valence-electron chi connectivity index (χ4n) is 3.95. The number of alkyl halides is 3. The van der Waals surface area contributed by atoms with Crippen molar-refractivity contribution >= 4 is 17.1 Å².